The lowest BCUT2D eigenvalue weighted by atomic mass is 9.94. The van der Waals surface area contributed by atoms with E-state index in [9.17, 15) is 14.0 Å². The molecular formula is C35H39FN6O3S. The van der Waals surface area contributed by atoms with Crippen molar-refractivity contribution < 1.29 is 18.7 Å². The van der Waals surface area contributed by atoms with Gasteiger partial charge in [-0.15, -0.1) is 10.2 Å². The summed E-state index contributed by atoms with van der Waals surface area (Å²) in [5.74, 6) is 0.253. The van der Waals surface area contributed by atoms with Crippen LogP contribution in [0.25, 0.3) is 0 Å². The largest absolute Gasteiger partial charge is 0.377 e. The normalized spacial score (nSPS) is 15.6. The summed E-state index contributed by atoms with van der Waals surface area (Å²) in [5.41, 5.74) is 3.47. The molecule has 2 aliphatic heterocycles. The summed E-state index contributed by atoms with van der Waals surface area (Å²) >= 11 is 1.42. The van der Waals surface area contributed by atoms with Crippen LogP contribution in [-0.4, -0.2) is 72.8 Å². The number of rotatable bonds is 11. The number of carbonyl (C=O) groups excluding carboxylic acids is 2. The van der Waals surface area contributed by atoms with Crippen molar-refractivity contribution >= 4 is 39.1 Å². The average Bonchev–Trinajstić information content (AvgIpc) is 3.55. The molecule has 0 aliphatic carbocycles. The van der Waals surface area contributed by atoms with Gasteiger partial charge in [0.15, 0.2) is 0 Å². The van der Waals surface area contributed by atoms with Gasteiger partial charge in [-0.1, -0.05) is 59.9 Å². The molecule has 240 valence electrons. The highest BCUT2D eigenvalue weighted by molar-refractivity contribution is 7.19. The summed E-state index contributed by atoms with van der Waals surface area (Å²) in [6.45, 7) is 5.48. The molecule has 0 spiro atoms. The molecule has 0 unspecified atom stereocenters. The molecule has 2 saturated heterocycles. The molecule has 3 heterocycles. The van der Waals surface area contributed by atoms with Crippen molar-refractivity contribution in [2.45, 2.75) is 32.3 Å². The van der Waals surface area contributed by atoms with Crippen molar-refractivity contribution in [3.8, 4) is 0 Å². The molecule has 3 aromatic carbocycles. The van der Waals surface area contributed by atoms with E-state index in [1.807, 2.05) is 65.6 Å². The zero-order valence-corrected chi connectivity index (χ0v) is 26.6. The molecule has 6 rings (SSSR count). The molecule has 4 aromatic rings. The number of hydrogen-bond acceptors (Lipinski definition) is 8. The second-order valence-corrected chi connectivity index (χ2v) is 12.8. The highest BCUT2D eigenvalue weighted by atomic mass is 32.1. The van der Waals surface area contributed by atoms with Crippen LogP contribution < -0.4 is 15.1 Å². The zero-order valence-electron chi connectivity index (χ0n) is 25.8. The first-order valence-electron chi connectivity index (χ1n) is 15.9. The Morgan fingerprint density at radius 2 is 1.61 bits per heavy atom. The molecule has 2 fully saturated rings. The molecule has 11 heteroatoms. The summed E-state index contributed by atoms with van der Waals surface area (Å²) in [4.78, 5) is 31.8. The number of piperazine rings is 1. The van der Waals surface area contributed by atoms with Crippen molar-refractivity contribution in [2.75, 3.05) is 61.0 Å². The number of piperidine rings is 1. The Bertz CT molecular complexity index is 1600. The number of aromatic nitrogens is 2. The van der Waals surface area contributed by atoms with E-state index in [0.717, 1.165) is 54.3 Å². The van der Waals surface area contributed by atoms with Crippen molar-refractivity contribution in [3.63, 3.8) is 0 Å². The molecule has 1 N–H and O–H groups in total. The highest BCUT2D eigenvalue weighted by Crippen LogP contribution is 2.29. The number of benzene rings is 3. The minimum absolute atomic E-state index is 0.0182. The van der Waals surface area contributed by atoms with E-state index >= 15 is 0 Å². The lowest BCUT2D eigenvalue weighted by Gasteiger charge is -2.36. The third-order valence-electron chi connectivity index (χ3n) is 8.61. The minimum Gasteiger partial charge on any atom is -0.377 e. The second kappa shape index (κ2) is 15.3. The topological polar surface area (TPSA) is 90.9 Å². The Balaban J connectivity index is 0.887. The van der Waals surface area contributed by atoms with E-state index in [1.165, 1.54) is 23.5 Å². The third-order valence-corrected chi connectivity index (χ3v) is 9.51. The van der Waals surface area contributed by atoms with Gasteiger partial charge in [-0.2, -0.15) is 0 Å². The van der Waals surface area contributed by atoms with E-state index in [-0.39, 0.29) is 17.6 Å². The van der Waals surface area contributed by atoms with Crippen LogP contribution in [-0.2, 0) is 22.6 Å². The van der Waals surface area contributed by atoms with Crippen LogP contribution in [0.15, 0.2) is 78.9 Å². The summed E-state index contributed by atoms with van der Waals surface area (Å²) in [5, 5.41) is 12.7. The third kappa shape index (κ3) is 8.46. The van der Waals surface area contributed by atoms with Crippen molar-refractivity contribution in [3.05, 3.63) is 101 Å². The first kappa shape index (κ1) is 31.6. The Morgan fingerprint density at radius 1 is 0.848 bits per heavy atom. The highest BCUT2D eigenvalue weighted by Gasteiger charge is 2.24. The van der Waals surface area contributed by atoms with Crippen LogP contribution in [0.2, 0.25) is 0 Å². The lowest BCUT2D eigenvalue weighted by Crippen LogP contribution is -2.48. The minimum atomic E-state index is -0.248. The van der Waals surface area contributed by atoms with Gasteiger partial charge in [0.25, 0.3) is 5.91 Å². The van der Waals surface area contributed by atoms with Crippen LogP contribution in [0.4, 0.5) is 20.3 Å². The first-order valence-corrected chi connectivity index (χ1v) is 16.7. The van der Waals surface area contributed by atoms with Gasteiger partial charge in [0.2, 0.25) is 16.2 Å². The Kier molecular flexibility index (Phi) is 10.5. The van der Waals surface area contributed by atoms with Crippen LogP contribution >= 0.6 is 11.3 Å². The molecule has 2 amide bonds. The summed E-state index contributed by atoms with van der Waals surface area (Å²) in [7, 11) is 0. The van der Waals surface area contributed by atoms with Crippen LogP contribution in [0, 0.1) is 11.7 Å². The SMILES string of the molecule is O=C(Cc1ccccc1)Nc1nnc(N2CCC(CCOCc3cccc(C(=O)N4CCN(c5cccc(F)c5)CC4)c3)CC2)s1. The Hall–Kier alpha value is -4.35. The monoisotopic (exact) mass is 642 g/mol. The molecular weight excluding hydrogens is 603 g/mol. The average molecular weight is 643 g/mol. The fourth-order valence-electron chi connectivity index (χ4n) is 6.01. The number of carbonyl (C=O) groups is 2. The molecule has 0 atom stereocenters. The summed E-state index contributed by atoms with van der Waals surface area (Å²) < 4.78 is 19.7. The fourth-order valence-corrected chi connectivity index (χ4v) is 6.82. The molecule has 9 nitrogen and oxygen atoms in total. The van der Waals surface area contributed by atoms with E-state index in [2.05, 4.69) is 25.3 Å². The Morgan fingerprint density at radius 3 is 2.39 bits per heavy atom. The standard InChI is InChI=1S/C35H39FN6O3S/c36-30-10-5-11-31(24-30)40-17-19-41(20-18-40)33(44)29-9-4-8-28(22-29)25-45-21-14-26-12-15-42(16-13-26)35-39-38-34(46-35)37-32(43)23-27-6-2-1-3-7-27/h1-11,22,24,26H,12-21,23,25H2,(H,37,38,43). The van der Waals surface area contributed by atoms with Gasteiger partial charge in [0.05, 0.1) is 13.0 Å². The van der Waals surface area contributed by atoms with Gasteiger partial charge in [-0.05, 0) is 66.6 Å². The molecule has 46 heavy (non-hydrogen) atoms. The fraction of sp³-hybridized carbons (Fsp3) is 0.371. The maximum absolute atomic E-state index is 13.6. The number of nitrogens with one attached hydrogen (secondary N) is 1. The van der Waals surface area contributed by atoms with Gasteiger partial charge in [0, 0.05) is 57.1 Å². The summed E-state index contributed by atoms with van der Waals surface area (Å²) in [6, 6.07) is 24.0. The molecule has 1 aromatic heterocycles. The van der Waals surface area contributed by atoms with E-state index in [1.54, 1.807) is 6.07 Å². The number of amides is 2. The second-order valence-electron chi connectivity index (χ2n) is 11.8. The molecule has 2 aliphatic rings. The van der Waals surface area contributed by atoms with E-state index in [0.29, 0.717) is 62.4 Å². The van der Waals surface area contributed by atoms with Crippen molar-refractivity contribution in [2.24, 2.45) is 5.92 Å². The van der Waals surface area contributed by atoms with Gasteiger partial charge in [-0.25, -0.2) is 4.39 Å². The van der Waals surface area contributed by atoms with Crippen molar-refractivity contribution in [1.82, 2.24) is 15.1 Å². The van der Waals surface area contributed by atoms with Crippen molar-refractivity contribution in [1.29, 1.82) is 0 Å². The van der Waals surface area contributed by atoms with Gasteiger partial charge >= 0.3 is 0 Å². The maximum atomic E-state index is 13.6. The molecule has 0 saturated carbocycles. The predicted octanol–water partition coefficient (Wildman–Crippen LogP) is 5.64. The Labute approximate surface area is 273 Å². The quantitative estimate of drug-likeness (QED) is 0.212. The lowest BCUT2D eigenvalue weighted by molar-refractivity contribution is -0.115. The summed E-state index contributed by atoms with van der Waals surface area (Å²) in [6.07, 6.45) is 3.40. The predicted molar refractivity (Wildman–Crippen MR) is 179 cm³/mol. The van der Waals surface area contributed by atoms with Gasteiger partial charge < -0.3 is 24.8 Å². The molecule has 0 radical (unpaired) electrons. The van der Waals surface area contributed by atoms with Crippen LogP contribution in [0.1, 0.15) is 40.7 Å². The van der Waals surface area contributed by atoms with Gasteiger partial charge in [-0.3, -0.25) is 9.59 Å². The van der Waals surface area contributed by atoms with Gasteiger partial charge in [0.1, 0.15) is 5.82 Å². The number of anilines is 3. The zero-order chi connectivity index (χ0) is 31.7. The number of ether oxygens (including phenoxy) is 1. The number of halogens is 1. The molecule has 0 bridgehead atoms. The smallest absolute Gasteiger partial charge is 0.253 e. The van der Waals surface area contributed by atoms with E-state index in [4.69, 9.17) is 4.74 Å². The maximum Gasteiger partial charge on any atom is 0.253 e. The first-order chi connectivity index (χ1) is 22.5. The number of nitrogens with zero attached hydrogens (tertiary/aromatic N) is 5. The van der Waals surface area contributed by atoms with E-state index < -0.39 is 0 Å². The number of hydrogen-bond donors (Lipinski definition) is 1. The van der Waals surface area contributed by atoms with Crippen LogP contribution in [0.3, 0.4) is 0 Å². The van der Waals surface area contributed by atoms with Crippen LogP contribution in [0.5, 0.6) is 0 Å².